The highest BCUT2D eigenvalue weighted by Gasteiger charge is 2.27. The second-order valence-corrected chi connectivity index (χ2v) is 9.35. The zero-order chi connectivity index (χ0) is 24.9. The van der Waals surface area contributed by atoms with E-state index in [2.05, 4.69) is 6.07 Å². The molecule has 3 aromatic carbocycles. The minimum Gasteiger partial charge on any atom is -0.301 e. The number of hydrogen-bond donors (Lipinski definition) is 0. The first-order chi connectivity index (χ1) is 16.1. The van der Waals surface area contributed by atoms with Crippen molar-refractivity contribution in [3.05, 3.63) is 89.5 Å². The number of Topliss-reactive ketones (excluding diaryl/α,β-unsaturated/α-hetero) is 1. The van der Waals surface area contributed by atoms with Crippen LogP contribution < -0.4 is 4.90 Å². The Morgan fingerprint density at radius 2 is 1.53 bits per heavy atom. The van der Waals surface area contributed by atoms with Crippen LogP contribution in [0.3, 0.4) is 0 Å². The van der Waals surface area contributed by atoms with Gasteiger partial charge in [-0.1, -0.05) is 63.2 Å². The molecule has 0 saturated carbocycles. The van der Waals surface area contributed by atoms with E-state index >= 15 is 0 Å². The van der Waals surface area contributed by atoms with Gasteiger partial charge in [0.2, 0.25) is 0 Å². The number of amides is 1. The van der Waals surface area contributed by atoms with Gasteiger partial charge in [-0.05, 0) is 46.4 Å². The average Bonchev–Trinajstić information content (AvgIpc) is 2.77. The van der Waals surface area contributed by atoms with E-state index in [4.69, 9.17) is 5.26 Å². The largest absolute Gasteiger partial charge is 0.301 e. The molecule has 1 amide bonds. The monoisotopic (exact) mass is 460 g/mol. The summed E-state index contributed by atoms with van der Waals surface area (Å²) in [6.07, 6.45) is 0.503. The lowest BCUT2D eigenvalue weighted by Gasteiger charge is -2.25. The highest BCUT2D eigenvalue weighted by molar-refractivity contribution is 6.09. The summed E-state index contributed by atoms with van der Waals surface area (Å²) in [6, 6.07) is 19.6. The minimum atomic E-state index is -0.984. The molecular formula is C28H26F2N2O2. The summed E-state index contributed by atoms with van der Waals surface area (Å²) in [4.78, 5) is 27.2. The van der Waals surface area contributed by atoms with Crippen LogP contribution in [0.15, 0.2) is 66.7 Å². The van der Waals surface area contributed by atoms with Crippen LogP contribution in [0.4, 0.5) is 14.5 Å². The van der Waals surface area contributed by atoms with Crippen molar-refractivity contribution in [2.75, 3.05) is 11.4 Å². The first kappa shape index (κ1) is 24.8. The fourth-order valence-corrected chi connectivity index (χ4v) is 3.70. The lowest BCUT2D eigenvalue weighted by Crippen LogP contribution is -2.37. The van der Waals surface area contributed by atoms with Gasteiger partial charge in [0.1, 0.15) is 17.2 Å². The van der Waals surface area contributed by atoms with E-state index in [-0.39, 0.29) is 24.2 Å². The van der Waals surface area contributed by atoms with Crippen molar-refractivity contribution in [3.63, 3.8) is 0 Å². The van der Waals surface area contributed by atoms with Gasteiger partial charge in [-0.15, -0.1) is 0 Å². The molecule has 0 unspecified atom stereocenters. The highest BCUT2D eigenvalue weighted by atomic mass is 19.1. The second-order valence-electron chi connectivity index (χ2n) is 9.35. The summed E-state index contributed by atoms with van der Waals surface area (Å²) < 4.78 is 28.9. The molecule has 3 aromatic rings. The Balaban J connectivity index is 2.02. The van der Waals surface area contributed by atoms with E-state index in [1.54, 1.807) is 18.2 Å². The van der Waals surface area contributed by atoms with Gasteiger partial charge in [-0.2, -0.15) is 5.26 Å². The molecule has 0 N–H and O–H groups in total. The Labute approximate surface area is 198 Å². The predicted octanol–water partition coefficient (Wildman–Crippen LogP) is 6.35. The van der Waals surface area contributed by atoms with Gasteiger partial charge in [0, 0.05) is 12.1 Å². The molecule has 0 atom stereocenters. The summed E-state index contributed by atoms with van der Waals surface area (Å²) in [6.45, 7) is 5.41. The fraction of sp³-hybridized carbons (Fsp3) is 0.250. The molecule has 0 fully saturated rings. The number of rotatable bonds is 7. The Kier molecular flexibility index (Phi) is 7.57. The Morgan fingerprint density at radius 1 is 0.912 bits per heavy atom. The third-order valence-electron chi connectivity index (χ3n) is 5.21. The van der Waals surface area contributed by atoms with Crippen LogP contribution in [0.1, 0.15) is 43.1 Å². The Bertz CT molecular complexity index is 1220. The number of halogens is 2. The number of ketones is 1. The third kappa shape index (κ3) is 6.14. The van der Waals surface area contributed by atoms with Crippen molar-refractivity contribution >= 4 is 17.4 Å². The van der Waals surface area contributed by atoms with Gasteiger partial charge in [-0.25, -0.2) is 8.78 Å². The van der Waals surface area contributed by atoms with E-state index in [1.165, 1.54) is 6.07 Å². The number of benzene rings is 3. The lowest BCUT2D eigenvalue weighted by molar-refractivity contribution is -0.119. The fourth-order valence-electron chi connectivity index (χ4n) is 3.70. The van der Waals surface area contributed by atoms with Gasteiger partial charge in [0.05, 0.1) is 19.0 Å². The molecule has 0 heterocycles. The molecule has 0 spiro atoms. The molecule has 0 aliphatic carbocycles. The first-order valence-corrected chi connectivity index (χ1v) is 10.9. The van der Waals surface area contributed by atoms with Crippen LogP contribution in [0.5, 0.6) is 0 Å². The van der Waals surface area contributed by atoms with E-state index in [9.17, 15) is 18.4 Å². The standard InChI is InChI=1S/C28H26F2N2O2/c1-28(2,3)17-23(33)18-32(27(34)26-24(29)8-5-9-25(26)30)22-7-4-6-21(16-22)20-12-10-19(11-13-20)14-15-31/h4-13,16H,14,17-18H2,1-3H3. The van der Waals surface area contributed by atoms with Gasteiger partial charge in [0.25, 0.3) is 5.91 Å². The molecule has 4 nitrogen and oxygen atoms in total. The molecule has 0 bridgehead atoms. The van der Waals surface area contributed by atoms with Gasteiger partial charge < -0.3 is 4.90 Å². The van der Waals surface area contributed by atoms with Crippen molar-refractivity contribution in [3.8, 4) is 17.2 Å². The molecule has 3 rings (SSSR count). The summed E-state index contributed by atoms with van der Waals surface area (Å²) in [5.74, 6) is -3.10. The Morgan fingerprint density at radius 3 is 2.12 bits per heavy atom. The van der Waals surface area contributed by atoms with Crippen LogP contribution >= 0.6 is 0 Å². The van der Waals surface area contributed by atoms with E-state index in [1.807, 2.05) is 51.1 Å². The van der Waals surface area contributed by atoms with Crippen LogP contribution in [0, 0.1) is 28.4 Å². The summed E-state index contributed by atoms with van der Waals surface area (Å²) >= 11 is 0. The number of anilines is 1. The quantitative estimate of drug-likeness (QED) is 0.413. The maximum absolute atomic E-state index is 14.4. The van der Waals surface area contributed by atoms with E-state index in [0.29, 0.717) is 12.1 Å². The first-order valence-electron chi connectivity index (χ1n) is 10.9. The van der Waals surface area contributed by atoms with Crippen molar-refractivity contribution < 1.29 is 18.4 Å². The Hall–Kier alpha value is -3.85. The summed E-state index contributed by atoms with van der Waals surface area (Å²) in [7, 11) is 0. The minimum absolute atomic E-state index is 0.205. The zero-order valence-corrected chi connectivity index (χ0v) is 19.4. The summed E-state index contributed by atoms with van der Waals surface area (Å²) in [5.41, 5.74) is 1.83. The molecule has 0 aliphatic heterocycles. The van der Waals surface area contributed by atoms with Crippen LogP contribution in [-0.2, 0) is 11.2 Å². The van der Waals surface area contributed by atoms with Crippen LogP contribution in [-0.4, -0.2) is 18.2 Å². The lowest BCUT2D eigenvalue weighted by atomic mass is 9.90. The van der Waals surface area contributed by atoms with Gasteiger partial charge in [-0.3, -0.25) is 9.59 Å². The number of hydrogen-bond acceptors (Lipinski definition) is 3. The number of nitrogens with zero attached hydrogens (tertiary/aromatic N) is 2. The summed E-state index contributed by atoms with van der Waals surface area (Å²) in [5, 5.41) is 8.86. The van der Waals surface area contributed by atoms with Gasteiger partial charge in [0.15, 0.2) is 5.78 Å². The average molecular weight is 461 g/mol. The molecular weight excluding hydrogens is 434 g/mol. The van der Waals surface area contributed by atoms with Crippen LogP contribution in [0.2, 0.25) is 0 Å². The smallest absolute Gasteiger partial charge is 0.264 e. The van der Waals surface area contributed by atoms with E-state index in [0.717, 1.165) is 33.7 Å². The predicted molar refractivity (Wildman–Crippen MR) is 128 cm³/mol. The maximum Gasteiger partial charge on any atom is 0.264 e. The second kappa shape index (κ2) is 10.4. The molecule has 0 aliphatic rings. The number of carbonyl (C=O) groups is 2. The molecule has 34 heavy (non-hydrogen) atoms. The third-order valence-corrected chi connectivity index (χ3v) is 5.21. The molecule has 0 radical (unpaired) electrons. The normalized spacial score (nSPS) is 11.1. The SMILES string of the molecule is CC(C)(C)CC(=O)CN(C(=O)c1c(F)cccc1F)c1cccc(-c2ccc(CC#N)cc2)c1. The van der Waals surface area contributed by atoms with Crippen molar-refractivity contribution in [2.24, 2.45) is 5.41 Å². The van der Waals surface area contributed by atoms with Crippen molar-refractivity contribution in [1.82, 2.24) is 0 Å². The highest BCUT2D eigenvalue weighted by Crippen LogP contribution is 2.28. The number of nitriles is 1. The zero-order valence-electron chi connectivity index (χ0n) is 19.4. The van der Waals surface area contributed by atoms with E-state index < -0.39 is 23.1 Å². The topological polar surface area (TPSA) is 61.2 Å². The number of carbonyl (C=O) groups excluding carboxylic acids is 2. The maximum atomic E-state index is 14.4. The molecule has 0 saturated heterocycles. The van der Waals surface area contributed by atoms with Crippen molar-refractivity contribution in [2.45, 2.75) is 33.6 Å². The molecule has 0 aromatic heterocycles. The van der Waals surface area contributed by atoms with Gasteiger partial charge >= 0.3 is 0 Å². The van der Waals surface area contributed by atoms with Crippen molar-refractivity contribution in [1.29, 1.82) is 5.26 Å². The molecule has 6 heteroatoms. The van der Waals surface area contributed by atoms with Crippen LogP contribution in [0.25, 0.3) is 11.1 Å². The molecule has 174 valence electrons.